The maximum absolute atomic E-state index is 12.7. The first-order valence-corrected chi connectivity index (χ1v) is 9.88. The van der Waals surface area contributed by atoms with Gasteiger partial charge in [0.25, 0.3) is 5.91 Å². The highest BCUT2D eigenvalue weighted by Crippen LogP contribution is 2.23. The van der Waals surface area contributed by atoms with E-state index < -0.39 is 0 Å². The molecule has 0 saturated carbocycles. The molecule has 0 atom stereocenters. The molecule has 0 unspecified atom stereocenters. The van der Waals surface area contributed by atoms with Gasteiger partial charge in [0.1, 0.15) is 5.01 Å². The van der Waals surface area contributed by atoms with Crippen molar-refractivity contribution in [3.63, 3.8) is 0 Å². The fraction of sp³-hybridized carbons (Fsp3) is 0.286. The quantitative estimate of drug-likeness (QED) is 0.679. The Labute approximate surface area is 162 Å². The van der Waals surface area contributed by atoms with Crippen molar-refractivity contribution in [1.82, 2.24) is 14.8 Å². The minimum absolute atomic E-state index is 0.0296. The molecule has 5 nitrogen and oxygen atoms in total. The van der Waals surface area contributed by atoms with Crippen molar-refractivity contribution in [2.45, 2.75) is 25.9 Å². The first-order valence-electron chi connectivity index (χ1n) is 9.07. The molecule has 138 valence electrons. The van der Waals surface area contributed by atoms with Crippen LogP contribution < -0.4 is 0 Å². The van der Waals surface area contributed by atoms with Crippen LogP contribution >= 0.6 is 11.3 Å². The summed E-state index contributed by atoms with van der Waals surface area (Å²) in [6.45, 7) is 1.93. The fourth-order valence-corrected chi connectivity index (χ4v) is 4.35. The molecule has 3 aromatic rings. The second-order valence-electron chi connectivity index (χ2n) is 6.85. The number of amides is 2. The van der Waals surface area contributed by atoms with Gasteiger partial charge in [-0.2, -0.15) is 0 Å². The molecule has 0 radical (unpaired) electrons. The van der Waals surface area contributed by atoms with Crippen molar-refractivity contribution >= 4 is 33.4 Å². The van der Waals surface area contributed by atoms with Gasteiger partial charge in [-0.25, -0.2) is 4.98 Å². The van der Waals surface area contributed by atoms with E-state index in [4.69, 9.17) is 0 Å². The molecule has 2 amide bonds. The summed E-state index contributed by atoms with van der Waals surface area (Å²) in [6.07, 6.45) is 1.58. The zero-order valence-electron chi connectivity index (χ0n) is 15.2. The van der Waals surface area contributed by atoms with Crippen LogP contribution in [0.4, 0.5) is 0 Å². The highest BCUT2D eigenvalue weighted by Gasteiger charge is 2.20. The van der Waals surface area contributed by atoms with Gasteiger partial charge in [-0.05, 0) is 36.2 Å². The Hall–Kier alpha value is -2.73. The molecule has 1 aromatic heterocycles. The van der Waals surface area contributed by atoms with Gasteiger partial charge in [0.15, 0.2) is 0 Å². The van der Waals surface area contributed by atoms with Gasteiger partial charge in [-0.1, -0.05) is 24.3 Å². The lowest BCUT2D eigenvalue weighted by atomic mass is 10.1. The van der Waals surface area contributed by atoms with E-state index in [-0.39, 0.29) is 11.8 Å². The Balaban J connectivity index is 1.41. The molecule has 4 rings (SSSR count). The van der Waals surface area contributed by atoms with Crippen LogP contribution in [0.2, 0.25) is 0 Å². The molecule has 2 aromatic carbocycles. The summed E-state index contributed by atoms with van der Waals surface area (Å²) in [4.78, 5) is 32.6. The lowest BCUT2D eigenvalue weighted by molar-refractivity contribution is -0.128. The van der Waals surface area contributed by atoms with E-state index in [1.807, 2.05) is 53.4 Å². The Morgan fingerprint density at radius 2 is 1.96 bits per heavy atom. The SMILES string of the molecule is CN(Cc1nc2ccccc2s1)C(=O)c1ccc(CN2CCCC2=O)cc1. The monoisotopic (exact) mass is 379 g/mol. The molecule has 0 spiro atoms. The Morgan fingerprint density at radius 3 is 2.67 bits per heavy atom. The predicted octanol–water partition coefficient (Wildman–Crippen LogP) is 3.69. The van der Waals surface area contributed by atoms with Crippen LogP contribution in [0.5, 0.6) is 0 Å². The van der Waals surface area contributed by atoms with Crippen LogP contribution in [0, 0.1) is 0 Å². The first-order chi connectivity index (χ1) is 13.1. The Bertz CT molecular complexity index is 948. The number of likely N-dealkylation sites (tertiary alicyclic amines) is 1. The molecule has 27 heavy (non-hydrogen) atoms. The van der Waals surface area contributed by atoms with Crippen molar-refractivity contribution < 1.29 is 9.59 Å². The zero-order valence-corrected chi connectivity index (χ0v) is 16.0. The van der Waals surface area contributed by atoms with Crippen LogP contribution in [0.3, 0.4) is 0 Å². The van der Waals surface area contributed by atoms with Gasteiger partial charge in [-0.15, -0.1) is 11.3 Å². The topological polar surface area (TPSA) is 53.5 Å². The maximum atomic E-state index is 12.7. The lowest BCUT2D eigenvalue weighted by Crippen LogP contribution is -2.26. The maximum Gasteiger partial charge on any atom is 0.253 e. The molecule has 6 heteroatoms. The highest BCUT2D eigenvalue weighted by atomic mass is 32.1. The predicted molar refractivity (Wildman–Crippen MR) is 107 cm³/mol. The van der Waals surface area contributed by atoms with Gasteiger partial charge in [-0.3, -0.25) is 9.59 Å². The van der Waals surface area contributed by atoms with Crippen molar-refractivity contribution in [1.29, 1.82) is 0 Å². The molecule has 2 heterocycles. The summed E-state index contributed by atoms with van der Waals surface area (Å²) in [5.74, 6) is 0.184. The van der Waals surface area contributed by atoms with Gasteiger partial charge in [0.05, 0.1) is 16.8 Å². The fourth-order valence-electron chi connectivity index (χ4n) is 3.33. The average molecular weight is 379 g/mol. The van der Waals surface area contributed by atoms with Crippen LogP contribution in [0.15, 0.2) is 48.5 Å². The van der Waals surface area contributed by atoms with E-state index >= 15 is 0 Å². The van der Waals surface area contributed by atoms with Crippen molar-refractivity contribution in [2.24, 2.45) is 0 Å². The zero-order chi connectivity index (χ0) is 18.8. The first kappa shape index (κ1) is 17.7. The second kappa shape index (κ2) is 7.48. The highest BCUT2D eigenvalue weighted by molar-refractivity contribution is 7.18. The number of thiazole rings is 1. The van der Waals surface area contributed by atoms with E-state index in [0.29, 0.717) is 25.1 Å². The third-order valence-electron chi connectivity index (χ3n) is 4.80. The van der Waals surface area contributed by atoms with Gasteiger partial charge < -0.3 is 9.80 Å². The van der Waals surface area contributed by atoms with Gasteiger partial charge >= 0.3 is 0 Å². The van der Waals surface area contributed by atoms with Crippen LogP contribution in [-0.2, 0) is 17.9 Å². The number of carbonyl (C=O) groups is 2. The minimum Gasteiger partial charge on any atom is -0.338 e. The minimum atomic E-state index is -0.0296. The number of fused-ring (bicyclic) bond motifs is 1. The summed E-state index contributed by atoms with van der Waals surface area (Å²) in [5, 5.41) is 0.927. The molecule has 1 aliphatic heterocycles. The average Bonchev–Trinajstić information content (AvgIpc) is 3.27. The largest absolute Gasteiger partial charge is 0.338 e. The second-order valence-corrected chi connectivity index (χ2v) is 7.97. The standard InChI is InChI=1S/C21H21N3O2S/c1-23(14-19-22-17-5-2-3-6-18(17)27-19)21(26)16-10-8-15(9-11-16)13-24-12-4-7-20(24)25/h2-3,5-6,8-11H,4,7,12-14H2,1H3. The number of hydrogen-bond donors (Lipinski definition) is 0. The van der Waals surface area contributed by atoms with E-state index in [0.717, 1.165) is 33.8 Å². The van der Waals surface area contributed by atoms with Crippen LogP contribution in [-0.4, -0.2) is 40.2 Å². The lowest BCUT2D eigenvalue weighted by Gasteiger charge is -2.17. The third kappa shape index (κ3) is 3.85. The number of nitrogens with zero attached hydrogens (tertiary/aromatic N) is 3. The Morgan fingerprint density at radius 1 is 1.19 bits per heavy atom. The number of hydrogen-bond acceptors (Lipinski definition) is 4. The molecule has 0 aliphatic carbocycles. The molecule has 1 saturated heterocycles. The molecule has 1 fully saturated rings. The number of carbonyl (C=O) groups excluding carboxylic acids is 2. The molecule has 0 N–H and O–H groups in total. The van der Waals surface area contributed by atoms with Crippen LogP contribution in [0.25, 0.3) is 10.2 Å². The molecule has 0 bridgehead atoms. The summed E-state index contributed by atoms with van der Waals surface area (Å²) >= 11 is 1.62. The molecule has 1 aliphatic rings. The van der Waals surface area contributed by atoms with Crippen molar-refractivity contribution in [2.75, 3.05) is 13.6 Å². The smallest absolute Gasteiger partial charge is 0.253 e. The number of aromatic nitrogens is 1. The van der Waals surface area contributed by atoms with E-state index in [1.165, 1.54) is 0 Å². The van der Waals surface area contributed by atoms with Gasteiger partial charge in [0.2, 0.25) is 5.91 Å². The number of rotatable bonds is 5. The third-order valence-corrected chi connectivity index (χ3v) is 5.82. The van der Waals surface area contributed by atoms with E-state index in [2.05, 4.69) is 4.98 Å². The summed E-state index contributed by atoms with van der Waals surface area (Å²) in [5.41, 5.74) is 2.67. The summed E-state index contributed by atoms with van der Waals surface area (Å²) < 4.78 is 1.13. The number of benzene rings is 2. The molecular formula is C21H21N3O2S. The summed E-state index contributed by atoms with van der Waals surface area (Å²) in [7, 11) is 1.80. The van der Waals surface area contributed by atoms with Crippen molar-refractivity contribution in [3.8, 4) is 0 Å². The van der Waals surface area contributed by atoms with E-state index in [1.54, 1.807) is 23.3 Å². The normalized spacial score (nSPS) is 14.1. The number of para-hydroxylation sites is 1. The molecular weight excluding hydrogens is 358 g/mol. The van der Waals surface area contributed by atoms with Crippen molar-refractivity contribution in [3.05, 3.63) is 64.7 Å². The van der Waals surface area contributed by atoms with Crippen LogP contribution in [0.1, 0.15) is 33.8 Å². The van der Waals surface area contributed by atoms with Gasteiger partial charge in [0, 0.05) is 32.1 Å². The van der Waals surface area contributed by atoms with E-state index in [9.17, 15) is 9.59 Å². The summed E-state index contributed by atoms with van der Waals surface area (Å²) in [6, 6.07) is 15.5. The Kier molecular flexibility index (Phi) is 4.90.